The van der Waals surface area contributed by atoms with Crippen molar-refractivity contribution in [3.8, 4) is 0 Å². The van der Waals surface area contributed by atoms with Crippen LogP contribution in [0.1, 0.15) is 36.0 Å². The first-order valence-electron chi connectivity index (χ1n) is 8.46. The summed E-state index contributed by atoms with van der Waals surface area (Å²) in [5.74, 6) is 0.700. The van der Waals surface area contributed by atoms with E-state index < -0.39 is 0 Å². The zero-order valence-corrected chi connectivity index (χ0v) is 13.1. The lowest BCUT2D eigenvalue weighted by Gasteiger charge is -2.52. The first-order valence-corrected chi connectivity index (χ1v) is 8.46. The molecule has 0 aromatic heterocycles. The van der Waals surface area contributed by atoms with Crippen molar-refractivity contribution in [2.45, 2.75) is 31.7 Å². The Balaban J connectivity index is 1.52. The summed E-state index contributed by atoms with van der Waals surface area (Å²) in [5, 5.41) is 0. The van der Waals surface area contributed by atoms with E-state index >= 15 is 0 Å². The number of carbonyl (C=O) groups is 2. The molecule has 0 N–H and O–H groups in total. The summed E-state index contributed by atoms with van der Waals surface area (Å²) >= 11 is 0. The number of halogens is 1. The number of likely N-dealkylation sites (tertiary alicyclic amines) is 1. The summed E-state index contributed by atoms with van der Waals surface area (Å²) in [6.07, 6.45) is 3.81. The number of piperidine rings is 3. The smallest absolute Gasteiger partial charge is 0.253 e. The van der Waals surface area contributed by atoms with Crippen molar-refractivity contribution in [2.75, 3.05) is 19.6 Å². The Kier molecular flexibility index (Phi) is 3.58. The molecule has 1 aromatic rings. The average molecular weight is 316 g/mol. The molecule has 2 bridgehead atoms. The van der Waals surface area contributed by atoms with Crippen LogP contribution in [-0.4, -0.2) is 47.3 Å². The van der Waals surface area contributed by atoms with Crippen LogP contribution in [0.2, 0.25) is 0 Å². The van der Waals surface area contributed by atoms with Gasteiger partial charge < -0.3 is 9.80 Å². The Bertz CT molecular complexity index is 630. The monoisotopic (exact) mass is 316 g/mol. The Morgan fingerprint density at radius 3 is 2.70 bits per heavy atom. The molecule has 2 amide bonds. The molecule has 3 atom stereocenters. The molecule has 3 heterocycles. The summed E-state index contributed by atoms with van der Waals surface area (Å²) in [4.78, 5) is 28.8. The molecule has 2 unspecified atom stereocenters. The number of hydrogen-bond acceptors (Lipinski definition) is 2. The Morgan fingerprint density at radius 2 is 1.91 bits per heavy atom. The highest BCUT2D eigenvalue weighted by Gasteiger charge is 2.44. The molecule has 4 rings (SSSR count). The number of rotatable bonds is 1. The zero-order valence-electron chi connectivity index (χ0n) is 13.1. The average Bonchev–Trinajstić information content (AvgIpc) is 2.56. The first-order chi connectivity index (χ1) is 11.1. The Morgan fingerprint density at radius 1 is 1.13 bits per heavy atom. The van der Waals surface area contributed by atoms with Gasteiger partial charge in [-0.05, 0) is 55.4 Å². The van der Waals surface area contributed by atoms with Crippen LogP contribution in [0, 0.1) is 17.7 Å². The summed E-state index contributed by atoms with van der Waals surface area (Å²) in [6.45, 7) is 2.19. The quantitative estimate of drug-likeness (QED) is 0.798. The molecular weight excluding hydrogens is 295 g/mol. The molecule has 23 heavy (non-hydrogen) atoms. The van der Waals surface area contributed by atoms with Crippen LogP contribution in [0.3, 0.4) is 0 Å². The number of amides is 2. The fraction of sp³-hybridized carbons (Fsp3) is 0.556. The van der Waals surface area contributed by atoms with Gasteiger partial charge in [0.05, 0.1) is 0 Å². The van der Waals surface area contributed by atoms with E-state index in [2.05, 4.69) is 4.90 Å². The lowest BCUT2D eigenvalue weighted by molar-refractivity contribution is -0.144. The predicted molar refractivity (Wildman–Crippen MR) is 83.3 cm³/mol. The maximum absolute atomic E-state index is 13.0. The molecule has 0 aliphatic carbocycles. The highest BCUT2D eigenvalue weighted by atomic mass is 19.1. The van der Waals surface area contributed by atoms with Gasteiger partial charge in [-0.25, -0.2) is 4.39 Å². The number of nitrogens with zero attached hydrogens (tertiary/aromatic N) is 2. The largest absolute Gasteiger partial charge is 0.339 e. The molecular formula is C18H21FN2O2. The minimum absolute atomic E-state index is 0.0183. The minimum atomic E-state index is -0.326. The molecule has 3 fully saturated rings. The maximum Gasteiger partial charge on any atom is 0.253 e. The molecule has 0 spiro atoms. The van der Waals surface area contributed by atoms with Crippen molar-refractivity contribution >= 4 is 11.8 Å². The van der Waals surface area contributed by atoms with Gasteiger partial charge in [0.2, 0.25) is 5.91 Å². The molecule has 5 heteroatoms. The van der Waals surface area contributed by atoms with Gasteiger partial charge in [0.25, 0.3) is 5.91 Å². The van der Waals surface area contributed by atoms with E-state index in [4.69, 9.17) is 0 Å². The SMILES string of the molecule is O=C(c1ccc(F)cc1)N1CC2CC(C1)[C@H]1CCCC(=O)N1C2. The number of benzene rings is 1. The number of carbonyl (C=O) groups excluding carboxylic acids is 2. The highest BCUT2D eigenvalue weighted by Crippen LogP contribution is 2.38. The van der Waals surface area contributed by atoms with E-state index in [9.17, 15) is 14.0 Å². The van der Waals surface area contributed by atoms with Crippen molar-refractivity contribution < 1.29 is 14.0 Å². The van der Waals surface area contributed by atoms with Crippen LogP contribution in [0.15, 0.2) is 24.3 Å². The zero-order chi connectivity index (χ0) is 16.0. The third kappa shape index (κ3) is 2.62. The van der Waals surface area contributed by atoms with Gasteiger partial charge in [-0.3, -0.25) is 9.59 Å². The second-order valence-corrected chi connectivity index (χ2v) is 7.08. The van der Waals surface area contributed by atoms with E-state index in [0.717, 1.165) is 25.8 Å². The maximum atomic E-state index is 13.0. The molecule has 0 saturated carbocycles. The number of fused-ring (bicyclic) bond motifs is 4. The second-order valence-electron chi connectivity index (χ2n) is 7.08. The van der Waals surface area contributed by atoms with Crippen molar-refractivity contribution in [2.24, 2.45) is 11.8 Å². The molecule has 3 saturated heterocycles. The lowest BCUT2D eigenvalue weighted by atomic mass is 9.76. The summed E-state index contributed by atoms with van der Waals surface area (Å²) in [5.41, 5.74) is 0.544. The van der Waals surface area contributed by atoms with Crippen LogP contribution in [0.5, 0.6) is 0 Å². The van der Waals surface area contributed by atoms with E-state index in [-0.39, 0.29) is 17.6 Å². The van der Waals surface area contributed by atoms with Crippen LogP contribution in [0.4, 0.5) is 4.39 Å². The van der Waals surface area contributed by atoms with E-state index in [1.165, 1.54) is 12.1 Å². The number of hydrogen-bond donors (Lipinski definition) is 0. The summed E-state index contributed by atoms with van der Waals surface area (Å²) in [6, 6.07) is 6.08. The molecule has 3 aliphatic rings. The third-order valence-electron chi connectivity index (χ3n) is 5.56. The molecule has 3 aliphatic heterocycles. The fourth-order valence-corrected chi connectivity index (χ4v) is 4.55. The van der Waals surface area contributed by atoms with Crippen molar-refractivity contribution in [1.82, 2.24) is 9.80 Å². The van der Waals surface area contributed by atoms with Crippen LogP contribution >= 0.6 is 0 Å². The lowest BCUT2D eigenvalue weighted by Crippen LogP contribution is -2.61. The van der Waals surface area contributed by atoms with Gasteiger partial charge in [0.1, 0.15) is 5.82 Å². The standard InChI is InChI=1S/C18H21FN2O2/c19-15-6-4-13(5-7-15)18(23)20-9-12-8-14(11-20)16-2-1-3-17(22)21(16)10-12/h4-7,12,14,16H,1-3,8-11H2/t12?,14?,16-/m1/s1. The molecule has 122 valence electrons. The van der Waals surface area contributed by atoms with Crippen molar-refractivity contribution in [1.29, 1.82) is 0 Å². The van der Waals surface area contributed by atoms with Gasteiger partial charge in [-0.1, -0.05) is 0 Å². The Hall–Kier alpha value is -1.91. The molecule has 4 nitrogen and oxygen atoms in total. The molecule has 1 aromatic carbocycles. The van der Waals surface area contributed by atoms with Gasteiger partial charge in [-0.2, -0.15) is 0 Å². The normalized spacial score (nSPS) is 30.1. The fourth-order valence-electron chi connectivity index (χ4n) is 4.55. The van der Waals surface area contributed by atoms with Crippen molar-refractivity contribution in [3.63, 3.8) is 0 Å². The van der Waals surface area contributed by atoms with Gasteiger partial charge in [0.15, 0.2) is 0 Å². The highest BCUT2D eigenvalue weighted by molar-refractivity contribution is 5.94. The summed E-state index contributed by atoms with van der Waals surface area (Å²) < 4.78 is 13.0. The van der Waals surface area contributed by atoms with E-state index in [1.807, 2.05) is 4.90 Å². The van der Waals surface area contributed by atoms with Gasteiger partial charge >= 0.3 is 0 Å². The topological polar surface area (TPSA) is 40.6 Å². The van der Waals surface area contributed by atoms with Gasteiger partial charge in [0, 0.05) is 37.7 Å². The Labute approximate surface area is 135 Å². The van der Waals surface area contributed by atoms with Crippen LogP contribution in [-0.2, 0) is 4.79 Å². The van der Waals surface area contributed by atoms with Crippen LogP contribution < -0.4 is 0 Å². The predicted octanol–water partition coefficient (Wildman–Crippen LogP) is 2.30. The first kappa shape index (κ1) is 14.7. The minimum Gasteiger partial charge on any atom is -0.339 e. The van der Waals surface area contributed by atoms with Gasteiger partial charge in [-0.15, -0.1) is 0 Å². The van der Waals surface area contributed by atoms with Crippen molar-refractivity contribution in [3.05, 3.63) is 35.6 Å². The third-order valence-corrected chi connectivity index (χ3v) is 5.56. The van der Waals surface area contributed by atoms with Crippen LogP contribution in [0.25, 0.3) is 0 Å². The molecule has 0 radical (unpaired) electrons. The van der Waals surface area contributed by atoms with E-state index in [1.54, 1.807) is 12.1 Å². The van der Waals surface area contributed by atoms with E-state index in [0.29, 0.717) is 43.0 Å². The second kappa shape index (κ2) is 5.62. The summed E-state index contributed by atoms with van der Waals surface area (Å²) in [7, 11) is 0.